The first kappa shape index (κ1) is 30.5. The van der Waals surface area contributed by atoms with Gasteiger partial charge < -0.3 is 19.7 Å². The van der Waals surface area contributed by atoms with E-state index in [1.807, 2.05) is 68.4 Å². The molecule has 0 radical (unpaired) electrons. The summed E-state index contributed by atoms with van der Waals surface area (Å²) >= 11 is 0. The largest absolute Gasteiger partial charge is 0.497 e. The van der Waals surface area contributed by atoms with Crippen LogP contribution < -0.4 is 19.1 Å². The molecule has 0 saturated heterocycles. The zero-order chi connectivity index (χ0) is 29.3. The van der Waals surface area contributed by atoms with Gasteiger partial charge in [-0.3, -0.25) is 13.9 Å². The molecule has 40 heavy (non-hydrogen) atoms. The van der Waals surface area contributed by atoms with Crippen LogP contribution in [0.4, 0.5) is 5.69 Å². The van der Waals surface area contributed by atoms with Crippen LogP contribution in [0.5, 0.6) is 11.5 Å². The van der Waals surface area contributed by atoms with E-state index in [4.69, 9.17) is 9.47 Å². The lowest BCUT2D eigenvalue weighted by Gasteiger charge is -2.33. The van der Waals surface area contributed by atoms with Crippen LogP contribution in [0.2, 0.25) is 0 Å². The van der Waals surface area contributed by atoms with Crippen molar-refractivity contribution in [3.05, 3.63) is 89.5 Å². The number of likely N-dealkylation sites (N-methyl/N-ethyl adjacent to an activating group) is 1. The summed E-state index contributed by atoms with van der Waals surface area (Å²) in [7, 11) is -1.03. The Morgan fingerprint density at radius 1 is 0.925 bits per heavy atom. The van der Waals surface area contributed by atoms with E-state index in [1.165, 1.54) is 25.2 Å². The molecule has 0 aliphatic heterocycles. The highest BCUT2D eigenvalue weighted by atomic mass is 32.2. The fraction of sp³-hybridized carbons (Fsp3) is 0.333. The number of rotatable bonds is 13. The highest BCUT2D eigenvalue weighted by molar-refractivity contribution is 7.92. The van der Waals surface area contributed by atoms with E-state index in [9.17, 15) is 18.0 Å². The minimum Gasteiger partial charge on any atom is -0.497 e. The number of ether oxygens (including phenoxy) is 2. The number of nitrogens with one attached hydrogen (secondary N) is 1. The van der Waals surface area contributed by atoms with E-state index >= 15 is 0 Å². The maximum Gasteiger partial charge on any atom is 0.244 e. The second kappa shape index (κ2) is 13.8. The maximum absolute atomic E-state index is 14.1. The quantitative estimate of drug-likeness (QED) is 0.339. The van der Waals surface area contributed by atoms with Crippen LogP contribution in [-0.2, 0) is 32.6 Å². The summed E-state index contributed by atoms with van der Waals surface area (Å²) in [5, 5.41) is 2.85. The number of hydrogen-bond acceptors (Lipinski definition) is 6. The summed E-state index contributed by atoms with van der Waals surface area (Å²) in [6.07, 6.45) is 1.29. The lowest BCUT2D eigenvalue weighted by atomic mass is 10.0. The molecule has 0 aliphatic carbocycles. The number of aryl methyl sites for hydroxylation is 1. The van der Waals surface area contributed by atoms with Gasteiger partial charge in [0.05, 0.1) is 26.2 Å². The van der Waals surface area contributed by atoms with Gasteiger partial charge in [0.25, 0.3) is 0 Å². The second-order valence-electron chi connectivity index (χ2n) is 9.42. The first-order valence-electron chi connectivity index (χ1n) is 12.9. The molecule has 3 rings (SSSR count). The molecule has 2 amide bonds. The molecule has 0 fully saturated rings. The minimum absolute atomic E-state index is 0.118. The molecule has 10 heteroatoms. The number of amides is 2. The Balaban J connectivity index is 2.08. The third-order valence-corrected chi connectivity index (χ3v) is 7.52. The summed E-state index contributed by atoms with van der Waals surface area (Å²) in [6, 6.07) is 20.9. The van der Waals surface area contributed by atoms with E-state index in [2.05, 4.69) is 5.32 Å². The van der Waals surface area contributed by atoms with E-state index in [0.29, 0.717) is 12.3 Å². The van der Waals surface area contributed by atoms with Gasteiger partial charge in [0.2, 0.25) is 21.8 Å². The minimum atomic E-state index is -3.93. The number of sulfonamides is 1. The molecule has 1 N–H and O–H groups in total. The lowest BCUT2D eigenvalue weighted by Crippen LogP contribution is -2.53. The van der Waals surface area contributed by atoms with Crippen LogP contribution in [0.1, 0.15) is 23.6 Å². The van der Waals surface area contributed by atoms with Crippen molar-refractivity contribution in [2.24, 2.45) is 0 Å². The predicted molar refractivity (Wildman–Crippen MR) is 156 cm³/mol. The predicted octanol–water partition coefficient (Wildman–Crippen LogP) is 3.55. The van der Waals surface area contributed by atoms with Gasteiger partial charge in [-0.25, -0.2) is 8.42 Å². The molecule has 0 aromatic heterocycles. The van der Waals surface area contributed by atoms with E-state index < -0.39 is 28.5 Å². The summed E-state index contributed by atoms with van der Waals surface area (Å²) in [6.45, 7) is 3.73. The van der Waals surface area contributed by atoms with Crippen molar-refractivity contribution in [3.63, 3.8) is 0 Å². The normalized spacial score (nSPS) is 11.8. The number of hydrogen-bond donors (Lipinski definition) is 1. The second-order valence-corrected chi connectivity index (χ2v) is 11.3. The van der Waals surface area contributed by atoms with Gasteiger partial charge >= 0.3 is 0 Å². The van der Waals surface area contributed by atoms with Gasteiger partial charge in [0, 0.05) is 25.6 Å². The molecule has 0 aliphatic rings. The highest BCUT2D eigenvalue weighted by Crippen LogP contribution is 2.33. The van der Waals surface area contributed by atoms with Crippen molar-refractivity contribution in [1.82, 2.24) is 10.2 Å². The summed E-state index contributed by atoms with van der Waals surface area (Å²) < 4.78 is 37.7. The lowest BCUT2D eigenvalue weighted by molar-refractivity contribution is -0.140. The first-order chi connectivity index (χ1) is 19.1. The average Bonchev–Trinajstić information content (AvgIpc) is 2.93. The molecular formula is C30H37N3O6S. The van der Waals surface area contributed by atoms with E-state index in [0.717, 1.165) is 27.3 Å². The van der Waals surface area contributed by atoms with Crippen LogP contribution in [0.15, 0.2) is 72.8 Å². The molecule has 214 valence electrons. The van der Waals surface area contributed by atoms with Crippen molar-refractivity contribution in [1.29, 1.82) is 0 Å². The molecule has 0 heterocycles. The summed E-state index contributed by atoms with van der Waals surface area (Å²) in [5.74, 6) is -0.148. The van der Waals surface area contributed by atoms with Gasteiger partial charge in [-0.1, -0.05) is 60.2 Å². The average molecular weight is 568 g/mol. The van der Waals surface area contributed by atoms with Gasteiger partial charge in [-0.2, -0.15) is 0 Å². The molecule has 0 spiro atoms. The first-order valence-corrected chi connectivity index (χ1v) is 14.8. The Morgan fingerprint density at radius 3 is 2.23 bits per heavy atom. The van der Waals surface area contributed by atoms with Crippen LogP contribution >= 0.6 is 0 Å². The molecule has 1 atom stereocenters. The smallest absolute Gasteiger partial charge is 0.244 e. The number of carbonyl (C=O) groups is 2. The van der Waals surface area contributed by atoms with Gasteiger partial charge in [-0.15, -0.1) is 0 Å². The van der Waals surface area contributed by atoms with Crippen LogP contribution in [-0.4, -0.2) is 64.7 Å². The number of anilines is 1. The van der Waals surface area contributed by atoms with Gasteiger partial charge in [0.15, 0.2) is 0 Å². The third kappa shape index (κ3) is 7.98. The van der Waals surface area contributed by atoms with Crippen molar-refractivity contribution in [2.45, 2.75) is 32.9 Å². The van der Waals surface area contributed by atoms with Crippen LogP contribution in [0.25, 0.3) is 0 Å². The fourth-order valence-electron chi connectivity index (χ4n) is 4.44. The zero-order valence-electron chi connectivity index (χ0n) is 23.6. The highest BCUT2D eigenvalue weighted by Gasteiger charge is 2.33. The Morgan fingerprint density at radius 2 is 1.62 bits per heavy atom. The standard InChI is InChI=1S/C30H37N3O6S/c1-6-31-30(35)27(18-23-12-8-7-9-13-23)32(20-24-14-10-11-22(2)17-24)29(34)21-33(40(5,36)37)26-16-15-25(38-3)19-28(26)39-4/h7-17,19,27H,6,18,20-21H2,1-5H3,(H,31,35)/t27-/m1/s1. The number of nitrogens with zero attached hydrogens (tertiary/aromatic N) is 2. The van der Waals surface area contributed by atoms with Crippen molar-refractivity contribution < 1.29 is 27.5 Å². The zero-order valence-corrected chi connectivity index (χ0v) is 24.4. The molecule has 0 saturated carbocycles. The summed E-state index contributed by atoms with van der Waals surface area (Å²) in [4.78, 5) is 29.0. The molecular weight excluding hydrogens is 530 g/mol. The van der Waals surface area contributed by atoms with Crippen LogP contribution in [0.3, 0.4) is 0 Å². The monoisotopic (exact) mass is 567 g/mol. The van der Waals surface area contributed by atoms with Crippen molar-refractivity contribution in [3.8, 4) is 11.5 Å². The number of methoxy groups -OCH3 is 2. The molecule has 9 nitrogen and oxygen atoms in total. The molecule has 0 unspecified atom stereocenters. The van der Waals surface area contributed by atoms with Gasteiger partial charge in [0.1, 0.15) is 24.1 Å². The Kier molecular flexibility index (Phi) is 10.6. The number of carbonyl (C=O) groups excluding carboxylic acids is 2. The Labute approximate surface area is 236 Å². The van der Waals surface area contributed by atoms with Crippen LogP contribution in [0, 0.1) is 6.92 Å². The third-order valence-electron chi connectivity index (χ3n) is 6.39. The fourth-order valence-corrected chi connectivity index (χ4v) is 5.29. The van der Waals surface area contributed by atoms with Crippen molar-refractivity contribution >= 4 is 27.5 Å². The topological polar surface area (TPSA) is 105 Å². The van der Waals surface area contributed by atoms with Gasteiger partial charge in [-0.05, 0) is 37.1 Å². The van der Waals surface area contributed by atoms with E-state index in [-0.39, 0.29) is 30.3 Å². The Bertz CT molecular complexity index is 1410. The number of benzene rings is 3. The SMILES string of the molecule is CCNC(=O)[C@@H](Cc1ccccc1)N(Cc1cccc(C)c1)C(=O)CN(c1ccc(OC)cc1OC)S(C)(=O)=O. The van der Waals surface area contributed by atoms with E-state index in [1.54, 1.807) is 12.1 Å². The van der Waals surface area contributed by atoms with Crippen molar-refractivity contribution in [2.75, 3.05) is 37.9 Å². The Hall–Kier alpha value is -4.05. The molecule has 3 aromatic carbocycles. The summed E-state index contributed by atoms with van der Waals surface area (Å²) in [5.41, 5.74) is 2.89. The molecule has 3 aromatic rings. The molecule has 0 bridgehead atoms. The maximum atomic E-state index is 14.1.